The van der Waals surface area contributed by atoms with Crippen LogP contribution in [-0.4, -0.2) is 11.0 Å². The number of carbonyl (C=O) groups is 1. The molecule has 4 heteroatoms. The highest BCUT2D eigenvalue weighted by Gasteiger charge is 2.01. The minimum absolute atomic E-state index is 0.0945. The summed E-state index contributed by atoms with van der Waals surface area (Å²) in [4.78, 5) is 10.6. The first-order valence-corrected chi connectivity index (χ1v) is 4.43. The van der Waals surface area contributed by atoms with Crippen molar-refractivity contribution in [1.29, 1.82) is 0 Å². The smallest absolute Gasteiger partial charge is 0.221 e. The van der Waals surface area contributed by atoms with E-state index in [2.05, 4.69) is 27.9 Å². The fourth-order valence-electron chi connectivity index (χ4n) is 0.800. The lowest BCUT2D eigenvalue weighted by atomic mass is 10.3. The maximum atomic E-state index is 10.6. The Balaban J connectivity index is 2.93. The van der Waals surface area contributed by atoms with Gasteiger partial charge in [-0.25, -0.2) is 0 Å². The number of carbonyl (C=O) groups excluding carboxylic acids is 1. The Morgan fingerprint density at radius 3 is 2.75 bits per heavy atom. The lowest BCUT2D eigenvalue weighted by Crippen LogP contribution is -2.05. The number of phenolic OH excluding ortho intramolecular Hbond substituents is 1. The van der Waals surface area contributed by atoms with Crippen LogP contribution >= 0.6 is 22.6 Å². The fourth-order valence-corrected chi connectivity index (χ4v) is 1.27. The number of hydrogen-bond acceptors (Lipinski definition) is 2. The van der Waals surface area contributed by atoms with Crippen molar-refractivity contribution in [2.45, 2.75) is 6.92 Å². The molecule has 1 aromatic carbocycles. The molecule has 0 unspecified atom stereocenters. The third kappa shape index (κ3) is 2.37. The molecule has 0 heterocycles. The van der Waals surface area contributed by atoms with Crippen molar-refractivity contribution < 1.29 is 9.90 Å². The maximum absolute atomic E-state index is 10.6. The van der Waals surface area contributed by atoms with Crippen LogP contribution in [0.2, 0.25) is 0 Å². The molecule has 0 radical (unpaired) electrons. The quantitative estimate of drug-likeness (QED) is 0.609. The summed E-state index contributed by atoms with van der Waals surface area (Å²) in [6.45, 7) is 1.40. The van der Waals surface area contributed by atoms with Crippen LogP contribution in [0.1, 0.15) is 6.92 Å². The van der Waals surface area contributed by atoms with Crippen LogP contribution < -0.4 is 5.32 Å². The summed E-state index contributed by atoms with van der Waals surface area (Å²) in [6, 6.07) is 5.07. The van der Waals surface area contributed by atoms with Gasteiger partial charge in [0.15, 0.2) is 0 Å². The van der Waals surface area contributed by atoms with Crippen molar-refractivity contribution in [3.05, 3.63) is 21.8 Å². The van der Waals surface area contributed by atoms with Gasteiger partial charge in [0.05, 0.1) is 5.69 Å². The summed E-state index contributed by atoms with van der Waals surface area (Å²) in [5.74, 6) is -0.0939. The predicted octanol–water partition coefficient (Wildman–Crippen LogP) is 1.96. The van der Waals surface area contributed by atoms with E-state index in [-0.39, 0.29) is 11.7 Å². The first-order chi connectivity index (χ1) is 5.59. The van der Waals surface area contributed by atoms with E-state index in [1.54, 1.807) is 12.1 Å². The van der Waals surface area contributed by atoms with Crippen LogP contribution in [0, 0.1) is 3.57 Å². The molecule has 12 heavy (non-hydrogen) atoms. The lowest BCUT2D eigenvalue weighted by Gasteiger charge is -2.04. The molecule has 0 aliphatic heterocycles. The number of halogens is 1. The van der Waals surface area contributed by atoms with Crippen LogP contribution in [0.4, 0.5) is 5.69 Å². The van der Waals surface area contributed by atoms with Crippen molar-refractivity contribution in [2.24, 2.45) is 0 Å². The van der Waals surface area contributed by atoms with Crippen molar-refractivity contribution in [2.75, 3.05) is 5.32 Å². The Hall–Kier alpha value is -0.780. The third-order valence-corrected chi connectivity index (χ3v) is 1.94. The van der Waals surface area contributed by atoms with Crippen molar-refractivity contribution in [3.63, 3.8) is 0 Å². The van der Waals surface area contributed by atoms with E-state index >= 15 is 0 Å². The molecule has 0 fully saturated rings. The second kappa shape index (κ2) is 3.75. The normalized spacial score (nSPS) is 9.50. The summed E-state index contributed by atoms with van der Waals surface area (Å²) >= 11 is 2.08. The van der Waals surface area contributed by atoms with Gasteiger partial charge in [0.2, 0.25) is 5.91 Å². The highest BCUT2D eigenvalue weighted by molar-refractivity contribution is 14.1. The fraction of sp³-hybridized carbons (Fsp3) is 0.125. The Morgan fingerprint density at radius 2 is 2.25 bits per heavy atom. The average Bonchev–Trinajstić information content (AvgIpc) is 1.94. The van der Waals surface area contributed by atoms with E-state index in [4.69, 9.17) is 0 Å². The van der Waals surface area contributed by atoms with Crippen LogP contribution in [-0.2, 0) is 4.79 Å². The number of aromatic hydroxyl groups is 1. The van der Waals surface area contributed by atoms with Gasteiger partial charge in [-0.2, -0.15) is 0 Å². The molecule has 0 atom stereocenters. The minimum atomic E-state index is -0.188. The molecule has 1 aromatic rings. The number of phenols is 1. The number of benzene rings is 1. The molecule has 0 saturated heterocycles. The average molecular weight is 277 g/mol. The summed E-state index contributed by atoms with van der Waals surface area (Å²) in [5, 5.41) is 11.8. The topological polar surface area (TPSA) is 49.3 Å². The standard InChI is InChI=1S/C8H8INO2/c1-5(11)10-7-3-2-6(9)4-8(7)12/h2-4,12H,1H3,(H,10,11). The summed E-state index contributed by atoms with van der Waals surface area (Å²) in [7, 11) is 0. The van der Waals surface area contributed by atoms with Gasteiger partial charge < -0.3 is 10.4 Å². The van der Waals surface area contributed by atoms with E-state index < -0.39 is 0 Å². The summed E-state index contributed by atoms with van der Waals surface area (Å²) < 4.78 is 0.930. The molecule has 0 spiro atoms. The first kappa shape index (κ1) is 9.31. The van der Waals surface area contributed by atoms with Gasteiger partial charge in [-0.1, -0.05) is 0 Å². The second-order valence-electron chi connectivity index (χ2n) is 2.34. The predicted molar refractivity (Wildman–Crippen MR) is 55.1 cm³/mol. The molecule has 64 valence electrons. The van der Waals surface area contributed by atoms with E-state index in [1.807, 2.05) is 6.07 Å². The van der Waals surface area contributed by atoms with E-state index in [0.29, 0.717) is 5.69 Å². The SMILES string of the molecule is CC(=O)Nc1ccc(I)cc1O. The number of rotatable bonds is 1. The summed E-state index contributed by atoms with van der Waals surface area (Å²) in [5.41, 5.74) is 0.447. The van der Waals surface area contributed by atoms with Gasteiger partial charge in [0.25, 0.3) is 0 Å². The molecule has 1 rings (SSSR count). The van der Waals surface area contributed by atoms with Crippen LogP contribution in [0.25, 0.3) is 0 Å². The Labute approximate surface area is 83.9 Å². The molecular weight excluding hydrogens is 269 g/mol. The number of anilines is 1. The maximum Gasteiger partial charge on any atom is 0.221 e. The Morgan fingerprint density at radius 1 is 1.58 bits per heavy atom. The zero-order chi connectivity index (χ0) is 9.14. The highest BCUT2D eigenvalue weighted by Crippen LogP contribution is 2.24. The molecule has 0 bridgehead atoms. The molecular formula is C8H8INO2. The van der Waals surface area contributed by atoms with Crippen LogP contribution in [0.3, 0.4) is 0 Å². The second-order valence-corrected chi connectivity index (χ2v) is 3.59. The third-order valence-electron chi connectivity index (χ3n) is 1.27. The number of nitrogens with one attached hydrogen (secondary N) is 1. The van der Waals surface area contributed by atoms with Crippen molar-refractivity contribution >= 4 is 34.2 Å². The first-order valence-electron chi connectivity index (χ1n) is 3.35. The molecule has 0 aliphatic rings. The van der Waals surface area contributed by atoms with Crippen LogP contribution in [0.5, 0.6) is 5.75 Å². The minimum Gasteiger partial charge on any atom is -0.506 e. The molecule has 0 saturated carbocycles. The van der Waals surface area contributed by atoms with Gasteiger partial charge in [0.1, 0.15) is 5.75 Å². The zero-order valence-electron chi connectivity index (χ0n) is 6.47. The molecule has 2 N–H and O–H groups in total. The Kier molecular flexibility index (Phi) is 2.91. The molecule has 3 nitrogen and oxygen atoms in total. The molecule has 0 aliphatic carbocycles. The number of hydrogen-bond donors (Lipinski definition) is 2. The molecule has 0 aromatic heterocycles. The molecule has 1 amide bonds. The highest BCUT2D eigenvalue weighted by atomic mass is 127. The van der Waals surface area contributed by atoms with E-state index in [1.165, 1.54) is 6.92 Å². The monoisotopic (exact) mass is 277 g/mol. The van der Waals surface area contributed by atoms with Gasteiger partial charge >= 0.3 is 0 Å². The van der Waals surface area contributed by atoms with Gasteiger partial charge in [-0.3, -0.25) is 4.79 Å². The van der Waals surface area contributed by atoms with Crippen molar-refractivity contribution in [3.8, 4) is 5.75 Å². The van der Waals surface area contributed by atoms with Gasteiger partial charge in [-0.15, -0.1) is 0 Å². The van der Waals surface area contributed by atoms with Gasteiger partial charge in [0, 0.05) is 10.5 Å². The van der Waals surface area contributed by atoms with Crippen LogP contribution in [0.15, 0.2) is 18.2 Å². The number of amides is 1. The lowest BCUT2D eigenvalue weighted by molar-refractivity contribution is -0.114. The van der Waals surface area contributed by atoms with E-state index in [0.717, 1.165) is 3.57 Å². The summed E-state index contributed by atoms with van der Waals surface area (Å²) in [6.07, 6.45) is 0. The van der Waals surface area contributed by atoms with E-state index in [9.17, 15) is 9.90 Å². The van der Waals surface area contributed by atoms with Crippen molar-refractivity contribution in [1.82, 2.24) is 0 Å². The largest absolute Gasteiger partial charge is 0.506 e. The van der Waals surface area contributed by atoms with Gasteiger partial charge in [-0.05, 0) is 40.8 Å². The Bertz CT molecular complexity index is 312. The zero-order valence-corrected chi connectivity index (χ0v) is 8.62.